The molecule has 2 fully saturated rings. The largest absolute Gasteiger partial charge is 0.467 e. The SMILES string of the molecule is COC(=O)[C@H]1O[C@@H](O[C@@H]2[C@@H](NC(=O)C(Cl)(Cl)Cl)[C@@H](OC(=N)C(Cl)(Cl)Cl)O[C@H](COC(=O)c3ccccc3)[C@H]2OC(=O)c2ccccc2)[C@H](OC(=O)c2ccccc2)[C@@H](OC(=O)c2ccccc2)[C@@H]1OC(=O)CCC(C)=O. The van der Waals surface area contributed by atoms with E-state index < -0.39 is 135 Å². The van der Waals surface area contributed by atoms with Crippen LogP contribution in [0.1, 0.15) is 61.2 Å². The van der Waals surface area contributed by atoms with Gasteiger partial charge in [0.15, 0.2) is 36.8 Å². The molecular weight excluding hydrogens is 1130 g/mol. The van der Waals surface area contributed by atoms with E-state index in [-0.39, 0.29) is 28.7 Å². The molecule has 2 heterocycles. The van der Waals surface area contributed by atoms with Crippen molar-refractivity contribution in [3.63, 3.8) is 0 Å². The van der Waals surface area contributed by atoms with Crippen LogP contribution in [0.25, 0.3) is 0 Å². The number of ketones is 1. The van der Waals surface area contributed by atoms with E-state index in [4.69, 9.17) is 122 Å². The third kappa shape index (κ3) is 16.0. The van der Waals surface area contributed by atoms with Crippen LogP contribution in [-0.2, 0) is 66.5 Å². The standard InChI is InChI=1S/C50H44Cl6N2O18/c1-26(59)23-24-32(60)70-36-37(72-42(63)29-19-11-5-12-20-29)39(73-43(64)30-21-13-6-14-22-30)46(75-38(36)44(65)67-2)74-35-33(58-48(66)50(54,55)56)45(76-47(57)49(51,52)53)69-31(25-68-40(61)27-15-7-3-8-16-27)34(35)71-41(62)28-17-9-4-10-18-28/h3-22,31,33-39,45-46,57H,23-25H2,1-2H3,(H,58,66)/t31-,33-,34-,35-,36+,37+,38+,39-,45-,46-/m1/s1. The molecule has 4 aromatic rings. The van der Waals surface area contributed by atoms with E-state index in [9.17, 15) is 38.4 Å². The fourth-order valence-corrected chi connectivity index (χ4v) is 7.68. The van der Waals surface area contributed by atoms with Gasteiger partial charge in [-0.1, -0.05) is 142 Å². The third-order valence-electron chi connectivity index (χ3n) is 11.0. The zero-order valence-electron chi connectivity index (χ0n) is 39.6. The van der Waals surface area contributed by atoms with Crippen LogP contribution in [0, 0.1) is 5.41 Å². The van der Waals surface area contributed by atoms with Gasteiger partial charge < -0.3 is 57.5 Å². The first kappa shape index (κ1) is 59.2. The molecule has 26 heteroatoms. The van der Waals surface area contributed by atoms with Gasteiger partial charge in [-0.3, -0.25) is 15.0 Å². The molecule has 0 bridgehead atoms. The molecule has 6 rings (SSSR count). The Morgan fingerprint density at radius 2 is 1.00 bits per heavy atom. The molecule has 2 aliphatic rings. The maximum absolute atomic E-state index is 14.3. The molecule has 2 aliphatic heterocycles. The molecule has 10 atom stereocenters. The summed E-state index contributed by atoms with van der Waals surface area (Å²) >= 11 is 36.4. The van der Waals surface area contributed by atoms with Crippen LogP contribution in [0.15, 0.2) is 121 Å². The first-order valence-electron chi connectivity index (χ1n) is 22.5. The number of ether oxygens (including phenoxy) is 10. The lowest BCUT2D eigenvalue weighted by atomic mass is 9.94. The fraction of sp³-hybridized carbons (Fsp3) is 0.340. The molecule has 1 amide bonds. The number of amides is 1. The van der Waals surface area contributed by atoms with E-state index >= 15 is 0 Å². The van der Waals surface area contributed by atoms with Crippen LogP contribution in [-0.4, -0.2) is 136 Å². The highest BCUT2D eigenvalue weighted by Gasteiger charge is 2.60. The van der Waals surface area contributed by atoms with E-state index in [1.807, 2.05) is 0 Å². The molecule has 4 aromatic carbocycles. The summed E-state index contributed by atoms with van der Waals surface area (Å²) < 4.78 is 54.0. The highest BCUT2D eigenvalue weighted by atomic mass is 35.6. The summed E-state index contributed by atoms with van der Waals surface area (Å²) in [7, 11) is 0.922. The molecule has 0 radical (unpaired) electrons. The number of Topliss-reactive ketones (excluding diaryl/α,β-unsaturated/α-hetero) is 1. The molecule has 0 spiro atoms. The Bertz CT molecular complexity index is 2720. The van der Waals surface area contributed by atoms with Crippen LogP contribution in [0.3, 0.4) is 0 Å². The normalized spacial score (nSPS) is 23.3. The summed E-state index contributed by atoms with van der Waals surface area (Å²) in [6.45, 7) is 0.335. The van der Waals surface area contributed by atoms with Gasteiger partial charge in [-0.25, -0.2) is 24.0 Å². The molecule has 0 aromatic heterocycles. The number of halogens is 6. The Labute approximate surface area is 463 Å². The Morgan fingerprint density at radius 1 is 0.539 bits per heavy atom. The number of esters is 6. The number of carbonyl (C=O) groups excluding carboxylic acids is 8. The van der Waals surface area contributed by atoms with Gasteiger partial charge >= 0.3 is 35.8 Å². The lowest BCUT2D eigenvalue weighted by Gasteiger charge is -2.49. The Hall–Kier alpha value is -6.07. The van der Waals surface area contributed by atoms with Gasteiger partial charge in [0, 0.05) is 6.42 Å². The summed E-state index contributed by atoms with van der Waals surface area (Å²) in [6.07, 6.45) is -20.0. The van der Waals surface area contributed by atoms with Crippen molar-refractivity contribution in [3.8, 4) is 0 Å². The highest BCUT2D eigenvalue weighted by Crippen LogP contribution is 2.38. The summed E-state index contributed by atoms with van der Waals surface area (Å²) in [5, 5.41) is 10.9. The Balaban J connectivity index is 1.58. The van der Waals surface area contributed by atoms with Gasteiger partial charge in [0.05, 0.1) is 35.8 Å². The predicted molar refractivity (Wildman–Crippen MR) is 269 cm³/mol. The Morgan fingerprint density at radius 3 is 1.45 bits per heavy atom. The smallest absolute Gasteiger partial charge is 0.339 e. The zero-order chi connectivity index (χ0) is 55.3. The first-order valence-corrected chi connectivity index (χ1v) is 24.8. The van der Waals surface area contributed by atoms with E-state index in [0.29, 0.717) is 0 Å². The van der Waals surface area contributed by atoms with Gasteiger partial charge in [-0.05, 0) is 55.5 Å². The van der Waals surface area contributed by atoms with Gasteiger partial charge in [-0.2, -0.15) is 0 Å². The molecule has 20 nitrogen and oxygen atoms in total. The molecule has 0 saturated carbocycles. The van der Waals surface area contributed by atoms with Gasteiger partial charge in [0.25, 0.3) is 13.5 Å². The minimum atomic E-state index is -2.82. The molecule has 404 valence electrons. The van der Waals surface area contributed by atoms with E-state index in [1.54, 1.807) is 36.4 Å². The summed E-state index contributed by atoms with van der Waals surface area (Å²) in [5.74, 6) is -9.83. The predicted octanol–water partition coefficient (Wildman–Crippen LogP) is 7.03. The van der Waals surface area contributed by atoms with Crippen LogP contribution in [0.5, 0.6) is 0 Å². The van der Waals surface area contributed by atoms with Crippen LogP contribution < -0.4 is 5.32 Å². The number of rotatable bonds is 18. The van der Waals surface area contributed by atoms with Crippen LogP contribution in [0.4, 0.5) is 0 Å². The van der Waals surface area contributed by atoms with Gasteiger partial charge in [0.1, 0.15) is 30.6 Å². The van der Waals surface area contributed by atoms with Crippen molar-refractivity contribution in [2.24, 2.45) is 0 Å². The van der Waals surface area contributed by atoms with Crippen molar-refractivity contribution in [2.45, 2.75) is 88.7 Å². The zero-order valence-corrected chi connectivity index (χ0v) is 44.1. The van der Waals surface area contributed by atoms with Crippen molar-refractivity contribution in [3.05, 3.63) is 144 Å². The average Bonchev–Trinajstić information content (AvgIpc) is 3.42. The molecule has 2 saturated heterocycles. The average molecular weight is 1170 g/mol. The quantitative estimate of drug-likeness (QED) is 0.0333. The first-order chi connectivity index (χ1) is 36.0. The summed E-state index contributed by atoms with van der Waals surface area (Å²) in [6, 6.07) is 27.2. The van der Waals surface area contributed by atoms with Crippen LogP contribution in [0.2, 0.25) is 0 Å². The van der Waals surface area contributed by atoms with Crippen LogP contribution >= 0.6 is 69.6 Å². The van der Waals surface area contributed by atoms with Crippen molar-refractivity contribution in [2.75, 3.05) is 13.7 Å². The van der Waals surface area contributed by atoms with Crippen molar-refractivity contribution < 1.29 is 85.7 Å². The second kappa shape index (κ2) is 26.8. The third-order valence-corrected chi connectivity index (χ3v) is 12.0. The highest BCUT2D eigenvalue weighted by molar-refractivity contribution is 6.76. The maximum atomic E-state index is 14.3. The maximum Gasteiger partial charge on any atom is 0.339 e. The fourth-order valence-electron chi connectivity index (χ4n) is 7.38. The minimum Gasteiger partial charge on any atom is -0.467 e. The van der Waals surface area contributed by atoms with E-state index in [0.717, 1.165) is 7.11 Å². The van der Waals surface area contributed by atoms with Crippen molar-refractivity contribution >= 4 is 123 Å². The lowest BCUT2D eigenvalue weighted by Crippen LogP contribution is -2.70. The van der Waals surface area contributed by atoms with Gasteiger partial charge in [0.2, 0.25) is 12.2 Å². The number of hydrogen-bond acceptors (Lipinski definition) is 19. The molecule has 0 aliphatic carbocycles. The van der Waals surface area contributed by atoms with Crippen molar-refractivity contribution in [1.82, 2.24) is 5.32 Å². The van der Waals surface area contributed by atoms with E-state index in [2.05, 4.69) is 5.32 Å². The summed E-state index contributed by atoms with van der Waals surface area (Å²) in [5.41, 5.74) is -0.266. The van der Waals surface area contributed by atoms with Crippen molar-refractivity contribution in [1.29, 1.82) is 5.41 Å². The van der Waals surface area contributed by atoms with E-state index in [1.165, 1.54) is 91.9 Å². The number of alkyl halides is 6. The molecule has 2 N–H and O–H groups in total. The number of hydrogen-bond donors (Lipinski definition) is 2. The molecular formula is C50H44Cl6N2O18. The number of benzene rings is 4. The molecule has 76 heavy (non-hydrogen) atoms. The number of methoxy groups -OCH3 is 1. The minimum absolute atomic E-state index is 0.0442. The number of carbonyl (C=O) groups is 8. The Kier molecular flexibility index (Phi) is 20.9. The topological polar surface area (TPSA) is 265 Å². The summed E-state index contributed by atoms with van der Waals surface area (Å²) in [4.78, 5) is 109. The lowest BCUT2D eigenvalue weighted by molar-refractivity contribution is -0.334. The van der Waals surface area contributed by atoms with Gasteiger partial charge in [-0.15, -0.1) is 0 Å². The second-order valence-corrected chi connectivity index (χ2v) is 20.9. The second-order valence-electron chi connectivity index (χ2n) is 16.4. The molecule has 0 unspecified atom stereocenters. The number of nitrogens with one attached hydrogen (secondary N) is 2. The monoisotopic (exact) mass is 1170 g/mol.